The molecular weight excluding hydrogens is 469 g/mol. The topological polar surface area (TPSA) is 56.2 Å². The fourth-order valence-corrected chi connectivity index (χ4v) is 3.33. The minimum Gasteiger partial charge on any atom is -0.472 e. The second-order valence-corrected chi connectivity index (χ2v) is 6.96. The number of aromatic nitrogens is 2. The average Bonchev–Trinajstić information content (AvgIpc) is 2.84. The highest BCUT2D eigenvalue weighted by Gasteiger charge is 2.36. The maximum absolute atomic E-state index is 13.9. The van der Waals surface area contributed by atoms with Gasteiger partial charge in [-0.25, -0.2) is 8.78 Å². The van der Waals surface area contributed by atoms with Crippen LogP contribution in [0.25, 0.3) is 16.7 Å². The molecular formula is C25H22F5N3O2. The molecule has 0 aliphatic heterocycles. The molecule has 0 saturated carbocycles. The van der Waals surface area contributed by atoms with E-state index in [1.165, 1.54) is 4.57 Å². The van der Waals surface area contributed by atoms with Gasteiger partial charge in [0.05, 0.1) is 10.9 Å². The van der Waals surface area contributed by atoms with Crippen LogP contribution in [0.5, 0.6) is 5.88 Å². The Morgan fingerprint density at radius 1 is 0.971 bits per heavy atom. The molecule has 5 nitrogen and oxygen atoms in total. The highest BCUT2D eigenvalue weighted by atomic mass is 19.4. The first kappa shape index (κ1) is 25.7. The van der Waals surface area contributed by atoms with Gasteiger partial charge in [-0.05, 0) is 24.3 Å². The first-order valence-electron chi connectivity index (χ1n) is 10.7. The summed E-state index contributed by atoms with van der Waals surface area (Å²) in [5, 5.41) is 2.31. The molecule has 0 unspecified atom stereocenters. The monoisotopic (exact) mass is 491 g/mol. The van der Waals surface area contributed by atoms with Gasteiger partial charge in [-0.1, -0.05) is 50.2 Å². The molecule has 1 N–H and O–H groups in total. The van der Waals surface area contributed by atoms with Gasteiger partial charge in [-0.15, -0.1) is 0 Å². The van der Waals surface area contributed by atoms with Crippen LogP contribution in [-0.4, -0.2) is 22.6 Å². The fraction of sp³-hybridized carbons (Fsp3) is 0.200. The van der Waals surface area contributed by atoms with Crippen LogP contribution in [0, 0.1) is 0 Å². The molecule has 0 saturated heterocycles. The lowest BCUT2D eigenvalue weighted by atomic mass is 10.1. The summed E-state index contributed by atoms with van der Waals surface area (Å²) in [5.74, 6) is -0.535. The van der Waals surface area contributed by atoms with Crippen molar-refractivity contribution in [2.75, 3.05) is 11.9 Å². The Bertz CT molecular complexity index is 1320. The first-order chi connectivity index (χ1) is 16.7. The van der Waals surface area contributed by atoms with E-state index in [4.69, 9.17) is 4.74 Å². The maximum atomic E-state index is 13.9. The number of nitrogens with one attached hydrogen (secondary N) is 1. The van der Waals surface area contributed by atoms with Crippen LogP contribution in [0.15, 0.2) is 77.6 Å². The minimum absolute atomic E-state index is 0.136. The first-order valence-corrected chi connectivity index (χ1v) is 10.7. The van der Waals surface area contributed by atoms with Gasteiger partial charge in [0.25, 0.3) is 6.43 Å². The quantitative estimate of drug-likeness (QED) is 0.301. The highest BCUT2D eigenvalue weighted by Crippen LogP contribution is 2.37. The van der Waals surface area contributed by atoms with Crippen molar-refractivity contribution in [1.82, 2.24) is 9.55 Å². The lowest BCUT2D eigenvalue weighted by Gasteiger charge is -2.20. The Labute approximate surface area is 197 Å². The number of ether oxygens (including phenoxy) is 1. The van der Waals surface area contributed by atoms with Crippen molar-refractivity contribution in [3.63, 3.8) is 0 Å². The summed E-state index contributed by atoms with van der Waals surface area (Å²) >= 11 is 0. The predicted octanol–water partition coefficient (Wildman–Crippen LogP) is 6.82. The third-order valence-electron chi connectivity index (χ3n) is 4.67. The van der Waals surface area contributed by atoms with Crippen molar-refractivity contribution < 1.29 is 26.7 Å². The number of anilines is 2. The number of rotatable bonds is 6. The number of hydrogen-bond acceptors (Lipinski definition) is 4. The van der Waals surface area contributed by atoms with Crippen LogP contribution in [0.3, 0.4) is 0 Å². The van der Waals surface area contributed by atoms with Gasteiger partial charge in [0.15, 0.2) is 17.7 Å². The number of nitrogens with zero attached hydrogens (tertiary/aromatic N) is 2. The van der Waals surface area contributed by atoms with Crippen molar-refractivity contribution in [1.29, 1.82) is 0 Å². The maximum Gasteiger partial charge on any atom is 0.417 e. The van der Waals surface area contributed by atoms with E-state index in [-0.39, 0.29) is 11.5 Å². The van der Waals surface area contributed by atoms with E-state index in [1.54, 1.807) is 60.7 Å². The third-order valence-corrected chi connectivity index (χ3v) is 4.67. The molecule has 0 amide bonds. The van der Waals surface area contributed by atoms with E-state index in [0.717, 1.165) is 6.07 Å². The molecule has 4 rings (SSSR count). The van der Waals surface area contributed by atoms with Crippen LogP contribution in [-0.2, 0) is 6.18 Å². The molecule has 2 heterocycles. The summed E-state index contributed by atoms with van der Waals surface area (Å²) in [4.78, 5) is 16.9. The van der Waals surface area contributed by atoms with Gasteiger partial charge in [0, 0.05) is 23.5 Å². The number of para-hydroxylation sites is 2. The lowest BCUT2D eigenvalue weighted by molar-refractivity contribution is -0.136. The standard InChI is InChI=1S/C23H16F5N3O2.C2H6/c24-18(25)13-33-20-11-16(23(26,27)28)21-17(32)12-19(29-14-7-3-1-4-8-14)31(22(21)30-20)15-9-5-2-6-10-15;1-2/h1-12,18,29H,13H2;1-2H3. The smallest absolute Gasteiger partial charge is 0.417 e. The number of pyridine rings is 2. The van der Waals surface area contributed by atoms with Crippen LogP contribution in [0.2, 0.25) is 0 Å². The fourth-order valence-electron chi connectivity index (χ4n) is 3.33. The van der Waals surface area contributed by atoms with Gasteiger partial charge in [0.1, 0.15) is 5.82 Å². The van der Waals surface area contributed by atoms with Crippen molar-refractivity contribution >= 4 is 22.5 Å². The van der Waals surface area contributed by atoms with Crippen LogP contribution in [0.4, 0.5) is 33.5 Å². The van der Waals surface area contributed by atoms with E-state index < -0.39 is 41.5 Å². The average molecular weight is 491 g/mol. The van der Waals surface area contributed by atoms with Crippen LogP contribution < -0.4 is 15.5 Å². The van der Waals surface area contributed by atoms with E-state index >= 15 is 0 Å². The van der Waals surface area contributed by atoms with Gasteiger partial charge in [0.2, 0.25) is 5.88 Å². The second-order valence-electron chi connectivity index (χ2n) is 6.96. The summed E-state index contributed by atoms with van der Waals surface area (Å²) in [5.41, 5.74) is -1.67. The molecule has 0 atom stereocenters. The van der Waals surface area contributed by atoms with E-state index in [0.29, 0.717) is 17.4 Å². The van der Waals surface area contributed by atoms with E-state index in [1.807, 2.05) is 13.8 Å². The van der Waals surface area contributed by atoms with Gasteiger partial charge in [-0.2, -0.15) is 18.2 Å². The molecule has 0 fully saturated rings. The van der Waals surface area contributed by atoms with Crippen LogP contribution >= 0.6 is 0 Å². The zero-order valence-corrected chi connectivity index (χ0v) is 18.8. The van der Waals surface area contributed by atoms with Crippen molar-refractivity contribution in [3.05, 3.63) is 88.6 Å². The second kappa shape index (κ2) is 11.0. The zero-order chi connectivity index (χ0) is 25.6. The van der Waals surface area contributed by atoms with Gasteiger partial charge >= 0.3 is 6.18 Å². The molecule has 0 bridgehead atoms. The van der Waals surface area contributed by atoms with E-state index in [9.17, 15) is 26.7 Å². The summed E-state index contributed by atoms with van der Waals surface area (Å²) in [6, 6.07) is 18.4. The molecule has 0 radical (unpaired) electrons. The Balaban J connectivity index is 0.00000167. The largest absolute Gasteiger partial charge is 0.472 e. The minimum atomic E-state index is -4.95. The number of alkyl halides is 5. The molecule has 2 aromatic carbocycles. The molecule has 10 heteroatoms. The molecule has 35 heavy (non-hydrogen) atoms. The summed E-state index contributed by atoms with van der Waals surface area (Å²) in [7, 11) is 0. The Morgan fingerprint density at radius 3 is 2.14 bits per heavy atom. The number of hydrogen-bond donors (Lipinski definition) is 1. The lowest BCUT2D eigenvalue weighted by Crippen LogP contribution is -2.19. The highest BCUT2D eigenvalue weighted by molar-refractivity contribution is 5.85. The number of benzene rings is 2. The predicted molar refractivity (Wildman–Crippen MR) is 125 cm³/mol. The summed E-state index contributed by atoms with van der Waals surface area (Å²) < 4.78 is 73.0. The van der Waals surface area contributed by atoms with E-state index in [2.05, 4.69) is 10.3 Å². The molecule has 0 aliphatic carbocycles. The normalized spacial score (nSPS) is 11.2. The zero-order valence-electron chi connectivity index (χ0n) is 18.8. The molecule has 0 aliphatic rings. The Hall–Kier alpha value is -3.95. The number of fused-ring (bicyclic) bond motifs is 1. The van der Waals surface area contributed by atoms with Crippen LogP contribution in [0.1, 0.15) is 19.4 Å². The molecule has 4 aromatic rings. The Morgan fingerprint density at radius 2 is 1.57 bits per heavy atom. The van der Waals surface area contributed by atoms with Crippen molar-refractivity contribution in [3.8, 4) is 11.6 Å². The van der Waals surface area contributed by atoms with Gasteiger partial charge in [-0.3, -0.25) is 9.36 Å². The third kappa shape index (κ3) is 5.95. The van der Waals surface area contributed by atoms with Gasteiger partial charge < -0.3 is 10.1 Å². The SMILES string of the molecule is CC.O=c1cc(Nc2ccccc2)n(-c2ccccc2)c2nc(OCC(F)F)cc(C(F)(F)F)c12. The number of halogens is 5. The molecule has 2 aromatic heterocycles. The summed E-state index contributed by atoms with van der Waals surface area (Å²) in [6.07, 6.45) is -7.87. The molecule has 184 valence electrons. The van der Waals surface area contributed by atoms with Crippen molar-refractivity contribution in [2.45, 2.75) is 26.4 Å². The molecule has 0 spiro atoms. The Kier molecular flexibility index (Phi) is 8.06. The van der Waals surface area contributed by atoms with Crippen molar-refractivity contribution in [2.24, 2.45) is 0 Å². The summed E-state index contributed by atoms with van der Waals surface area (Å²) in [6.45, 7) is 2.85.